The number of para-hydroxylation sites is 1. The van der Waals surface area contributed by atoms with Gasteiger partial charge in [-0.2, -0.15) is 0 Å². The van der Waals surface area contributed by atoms with Gasteiger partial charge in [0.2, 0.25) is 5.78 Å². The molecule has 0 aliphatic rings. The van der Waals surface area contributed by atoms with E-state index in [1.807, 2.05) is 54.6 Å². The number of carbonyl (C=O) groups is 2. The van der Waals surface area contributed by atoms with Gasteiger partial charge >= 0.3 is 0 Å². The van der Waals surface area contributed by atoms with Crippen LogP contribution in [0.15, 0.2) is 60.8 Å². The van der Waals surface area contributed by atoms with E-state index < -0.39 is 11.7 Å². The molecule has 0 saturated heterocycles. The zero-order valence-corrected chi connectivity index (χ0v) is 12.0. The highest BCUT2D eigenvalue weighted by Crippen LogP contribution is 2.18. The van der Waals surface area contributed by atoms with Crippen LogP contribution in [0.2, 0.25) is 0 Å². The number of Topliss-reactive ketones (excluding diaryl/α,β-unsaturated/α-hetero) is 1. The Bertz CT molecular complexity index is 806. The summed E-state index contributed by atoms with van der Waals surface area (Å²) in [5.74, 6) is -0.977. The van der Waals surface area contributed by atoms with Crippen molar-refractivity contribution in [2.45, 2.75) is 13.0 Å². The number of nitrogens with one attached hydrogen (secondary N) is 2. The van der Waals surface area contributed by atoms with E-state index in [9.17, 15) is 9.59 Å². The Kier molecular flexibility index (Phi) is 4.01. The number of hydrogen-bond acceptors (Lipinski definition) is 2. The smallest absolute Gasteiger partial charge is 0.287 e. The van der Waals surface area contributed by atoms with E-state index in [1.54, 1.807) is 6.20 Å². The molecule has 2 N–H and O–H groups in total. The van der Waals surface area contributed by atoms with Gasteiger partial charge in [0.15, 0.2) is 0 Å². The number of aromatic nitrogens is 1. The van der Waals surface area contributed by atoms with Gasteiger partial charge < -0.3 is 10.3 Å². The Hall–Kier alpha value is -2.88. The van der Waals surface area contributed by atoms with E-state index in [2.05, 4.69) is 10.3 Å². The molecule has 0 saturated carbocycles. The van der Waals surface area contributed by atoms with Gasteiger partial charge in [-0.15, -0.1) is 0 Å². The molecule has 4 heteroatoms. The molecule has 2 aromatic carbocycles. The molecule has 0 unspecified atom stereocenters. The largest absolute Gasteiger partial charge is 0.361 e. The number of carbonyl (C=O) groups excluding carboxylic acids is 2. The number of rotatable bonds is 5. The van der Waals surface area contributed by atoms with Crippen molar-refractivity contribution in [3.63, 3.8) is 0 Å². The van der Waals surface area contributed by atoms with Crippen LogP contribution < -0.4 is 5.32 Å². The lowest BCUT2D eigenvalue weighted by Gasteiger charge is -2.04. The number of benzene rings is 2. The highest BCUT2D eigenvalue weighted by Gasteiger charge is 2.16. The van der Waals surface area contributed by atoms with E-state index >= 15 is 0 Å². The van der Waals surface area contributed by atoms with E-state index in [-0.39, 0.29) is 6.42 Å². The fourth-order valence-electron chi connectivity index (χ4n) is 2.41. The zero-order chi connectivity index (χ0) is 15.4. The van der Waals surface area contributed by atoms with Crippen LogP contribution in [0.1, 0.15) is 11.1 Å². The maximum absolute atomic E-state index is 12.0. The van der Waals surface area contributed by atoms with Crippen LogP contribution in [0.25, 0.3) is 10.9 Å². The van der Waals surface area contributed by atoms with Gasteiger partial charge in [-0.25, -0.2) is 0 Å². The first kappa shape index (κ1) is 14.1. The number of aromatic amines is 1. The Labute approximate surface area is 128 Å². The molecule has 0 aliphatic heterocycles. The molecule has 0 atom stereocenters. The van der Waals surface area contributed by atoms with Gasteiger partial charge in [0.25, 0.3) is 5.91 Å². The van der Waals surface area contributed by atoms with E-state index in [0.717, 1.165) is 22.0 Å². The van der Waals surface area contributed by atoms with Crippen LogP contribution in [0.3, 0.4) is 0 Å². The number of hydrogen-bond donors (Lipinski definition) is 2. The van der Waals surface area contributed by atoms with E-state index in [4.69, 9.17) is 0 Å². The average Bonchev–Trinajstić information content (AvgIpc) is 2.97. The number of H-pyrrole nitrogens is 1. The summed E-state index contributed by atoms with van der Waals surface area (Å²) in [5.41, 5.74) is 2.78. The van der Waals surface area contributed by atoms with Crippen LogP contribution in [-0.2, 0) is 22.6 Å². The monoisotopic (exact) mass is 292 g/mol. The predicted molar refractivity (Wildman–Crippen MR) is 85.3 cm³/mol. The molecular formula is C18H16N2O2. The first-order valence-corrected chi connectivity index (χ1v) is 7.14. The zero-order valence-electron chi connectivity index (χ0n) is 12.0. The molecule has 0 spiro atoms. The Morgan fingerprint density at radius 2 is 1.68 bits per heavy atom. The first-order valence-electron chi connectivity index (χ1n) is 7.14. The maximum Gasteiger partial charge on any atom is 0.287 e. The van der Waals surface area contributed by atoms with Gasteiger partial charge in [-0.1, -0.05) is 48.5 Å². The number of ketones is 1. The molecule has 110 valence electrons. The third-order valence-corrected chi connectivity index (χ3v) is 3.58. The molecule has 0 bridgehead atoms. The molecule has 1 amide bonds. The summed E-state index contributed by atoms with van der Waals surface area (Å²) in [6.07, 6.45) is 1.89. The fourth-order valence-corrected chi connectivity index (χ4v) is 2.41. The Balaban J connectivity index is 1.63. The highest BCUT2D eigenvalue weighted by molar-refractivity contribution is 6.36. The molecule has 4 nitrogen and oxygen atoms in total. The summed E-state index contributed by atoms with van der Waals surface area (Å²) in [6, 6.07) is 17.2. The minimum Gasteiger partial charge on any atom is -0.361 e. The normalized spacial score (nSPS) is 10.5. The van der Waals surface area contributed by atoms with Crippen molar-refractivity contribution in [2.24, 2.45) is 0 Å². The lowest BCUT2D eigenvalue weighted by atomic mass is 10.1. The fraction of sp³-hybridized carbons (Fsp3) is 0.111. The van der Waals surface area contributed by atoms with Crippen molar-refractivity contribution >= 4 is 22.6 Å². The topological polar surface area (TPSA) is 62.0 Å². The standard InChI is InChI=1S/C18H16N2O2/c21-17(18(22)20-11-13-6-2-1-3-7-13)10-14-12-19-16-9-5-4-8-15(14)16/h1-9,12,19H,10-11H2,(H,20,22). The van der Waals surface area contributed by atoms with E-state index in [0.29, 0.717) is 6.54 Å². The van der Waals surface area contributed by atoms with Crippen LogP contribution in [0.4, 0.5) is 0 Å². The van der Waals surface area contributed by atoms with Gasteiger partial charge in [0, 0.05) is 30.1 Å². The number of amides is 1. The van der Waals surface area contributed by atoms with Crippen LogP contribution >= 0.6 is 0 Å². The van der Waals surface area contributed by atoms with E-state index in [1.165, 1.54) is 0 Å². The summed E-state index contributed by atoms with van der Waals surface area (Å²) in [6.45, 7) is 0.360. The summed E-state index contributed by atoms with van der Waals surface area (Å²) in [7, 11) is 0. The molecule has 0 aliphatic carbocycles. The molecule has 0 radical (unpaired) electrons. The second-order valence-corrected chi connectivity index (χ2v) is 5.13. The highest BCUT2D eigenvalue weighted by atomic mass is 16.2. The third-order valence-electron chi connectivity index (χ3n) is 3.58. The minimum atomic E-state index is -0.547. The van der Waals surface area contributed by atoms with Crippen molar-refractivity contribution in [3.8, 4) is 0 Å². The summed E-state index contributed by atoms with van der Waals surface area (Å²) in [5, 5.41) is 3.64. The van der Waals surface area contributed by atoms with Gasteiger partial charge in [0.05, 0.1) is 0 Å². The van der Waals surface area contributed by atoms with Gasteiger partial charge in [-0.3, -0.25) is 9.59 Å². The molecule has 22 heavy (non-hydrogen) atoms. The molecular weight excluding hydrogens is 276 g/mol. The lowest BCUT2D eigenvalue weighted by molar-refractivity contribution is -0.137. The summed E-state index contributed by atoms with van der Waals surface area (Å²) >= 11 is 0. The summed E-state index contributed by atoms with van der Waals surface area (Å²) in [4.78, 5) is 27.1. The lowest BCUT2D eigenvalue weighted by Crippen LogP contribution is -2.31. The second-order valence-electron chi connectivity index (χ2n) is 5.13. The predicted octanol–water partition coefficient (Wildman–Crippen LogP) is 2.60. The number of fused-ring (bicyclic) bond motifs is 1. The average molecular weight is 292 g/mol. The van der Waals surface area contributed by atoms with Crippen molar-refractivity contribution in [1.29, 1.82) is 0 Å². The van der Waals surface area contributed by atoms with Gasteiger partial charge in [0.1, 0.15) is 0 Å². The van der Waals surface area contributed by atoms with Crippen LogP contribution in [-0.4, -0.2) is 16.7 Å². The molecule has 3 rings (SSSR count). The quantitative estimate of drug-likeness (QED) is 0.710. The first-order chi connectivity index (χ1) is 10.7. The Morgan fingerprint density at radius 3 is 2.50 bits per heavy atom. The van der Waals surface area contributed by atoms with Gasteiger partial charge in [-0.05, 0) is 17.2 Å². The molecule has 1 aromatic heterocycles. The summed E-state index contributed by atoms with van der Waals surface area (Å²) < 4.78 is 0. The van der Waals surface area contributed by atoms with Crippen molar-refractivity contribution in [2.75, 3.05) is 0 Å². The SMILES string of the molecule is O=C(Cc1c[nH]c2ccccc12)C(=O)NCc1ccccc1. The van der Waals surface area contributed by atoms with Crippen molar-refractivity contribution in [1.82, 2.24) is 10.3 Å². The molecule has 1 heterocycles. The minimum absolute atomic E-state index is 0.102. The second kappa shape index (κ2) is 6.26. The van der Waals surface area contributed by atoms with Crippen molar-refractivity contribution in [3.05, 3.63) is 71.9 Å². The van der Waals surface area contributed by atoms with Crippen molar-refractivity contribution < 1.29 is 9.59 Å². The maximum atomic E-state index is 12.0. The van der Waals surface area contributed by atoms with Crippen LogP contribution in [0, 0.1) is 0 Å². The molecule has 3 aromatic rings. The van der Waals surface area contributed by atoms with Crippen LogP contribution in [0.5, 0.6) is 0 Å². The molecule has 0 fully saturated rings. The Morgan fingerprint density at radius 1 is 0.955 bits per heavy atom. The third kappa shape index (κ3) is 3.06.